The molecule has 17 heavy (non-hydrogen) atoms. The lowest BCUT2D eigenvalue weighted by Gasteiger charge is -2.10. The van der Waals surface area contributed by atoms with Crippen molar-refractivity contribution in [2.45, 2.75) is 25.2 Å². The summed E-state index contributed by atoms with van der Waals surface area (Å²) in [5.41, 5.74) is 12.4. The van der Waals surface area contributed by atoms with E-state index >= 15 is 0 Å². The molecule has 2 atom stereocenters. The number of hydrogen-bond donors (Lipinski definition) is 4. The highest BCUT2D eigenvalue weighted by atomic mass is 79.9. The Morgan fingerprint density at radius 2 is 2.12 bits per heavy atom. The SMILES string of the molecule is NC1CC(C(=O)NCc2ccc(Br)cc2)NN1. The van der Waals surface area contributed by atoms with E-state index < -0.39 is 0 Å². The molecule has 1 fully saturated rings. The summed E-state index contributed by atoms with van der Waals surface area (Å²) in [4.78, 5) is 11.8. The molecule has 0 aromatic heterocycles. The van der Waals surface area contributed by atoms with Gasteiger partial charge >= 0.3 is 0 Å². The van der Waals surface area contributed by atoms with Crippen molar-refractivity contribution in [2.75, 3.05) is 0 Å². The molecule has 5 N–H and O–H groups in total. The van der Waals surface area contributed by atoms with Crippen molar-refractivity contribution < 1.29 is 4.79 Å². The number of halogens is 1. The normalized spacial score (nSPS) is 23.6. The number of rotatable bonds is 3. The number of nitrogens with one attached hydrogen (secondary N) is 3. The fourth-order valence-corrected chi connectivity index (χ4v) is 1.93. The predicted molar refractivity (Wildman–Crippen MR) is 68.6 cm³/mol. The summed E-state index contributed by atoms with van der Waals surface area (Å²) in [6.07, 6.45) is 0.449. The van der Waals surface area contributed by atoms with Gasteiger partial charge in [0.2, 0.25) is 5.91 Å². The maximum Gasteiger partial charge on any atom is 0.238 e. The van der Waals surface area contributed by atoms with Crippen LogP contribution in [0.15, 0.2) is 28.7 Å². The number of nitrogens with two attached hydrogens (primary N) is 1. The molecule has 0 bridgehead atoms. The van der Waals surface area contributed by atoms with Crippen LogP contribution in [-0.4, -0.2) is 18.1 Å². The van der Waals surface area contributed by atoms with Gasteiger partial charge < -0.3 is 11.1 Å². The Labute approximate surface area is 108 Å². The van der Waals surface area contributed by atoms with E-state index in [2.05, 4.69) is 32.1 Å². The Hall–Kier alpha value is -0.950. The van der Waals surface area contributed by atoms with Gasteiger partial charge in [-0.1, -0.05) is 28.1 Å². The molecule has 1 aromatic carbocycles. The number of hydrazine groups is 1. The van der Waals surface area contributed by atoms with Gasteiger partial charge in [0, 0.05) is 17.4 Å². The minimum Gasteiger partial charge on any atom is -0.351 e. The average molecular weight is 299 g/mol. The first-order valence-corrected chi connectivity index (χ1v) is 6.23. The van der Waals surface area contributed by atoms with Crippen LogP contribution >= 0.6 is 15.9 Å². The minimum atomic E-state index is -0.250. The number of hydrogen-bond acceptors (Lipinski definition) is 4. The van der Waals surface area contributed by atoms with Crippen molar-refractivity contribution in [1.29, 1.82) is 0 Å². The molecule has 1 heterocycles. The van der Waals surface area contributed by atoms with Crippen molar-refractivity contribution in [3.8, 4) is 0 Å². The number of benzene rings is 1. The highest BCUT2D eigenvalue weighted by molar-refractivity contribution is 9.10. The molecule has 6 heteroatoms. The summed E-state index contributed by atoms with van der Waals surface area (Å²) >= 11 is 3.37. The molecule has 1 aliphatic heterocycles. The van der Waals surface area contributed by atoms with Crippen molar-refractivity contribution in [2.24, 2.45) is 5.73 Å². The van der Waals surface area contributed by atoms with E-state index in [-0.39, 0.29) is 18.1 Å². The molecule has 1 saturated heterocycles. The van der Waals surface area contributed by atoms with Gasteiger partial charge in [-0.3, -0.25) is 4.79 Å². The Kier molecular flexibility index (Phi) is 4.11. The van der Waals surface area contributed by atoms with E-state index in [1.807, 2.05) is 24.3 Å². The van der Waals surface area contributed by atoms with Crippen LogP contribution in [-0.2, 0) is 11.3 Å². The van der Waals surface area contributed by atoms with Crippen LogP contribution < -0.4 is 21.9 Å². The van der Waals surface area contributed by atoms with Crippen molar-refractivity contribution in [3.05, 3.63) is 34.3 Å². The lowest BCUT2D eigenvalue weighted by molar-refractivity contribution is -0.123. The Bertz CT molecular complexity index is 395. The smallest absolute Gasteiger partial charge is 0.238 e. The molecule has 0 aliphatic carbocycles. The molecular formula is C11H15BrN4O. The maximum absolute atomic E-state index is 11.8. The molecule has 1 aromatic rings. The standard InChI is InChI=1S/C11H15BrN4O/c12-8-3-1-7(2-4-8)6-14-11(17)9-5-10(13)16-15-9/h1-4,9-10,15-16H,5-6,13H2,(H,14,17). The Morgan fingerprint density at radius 3 is 2.71 bits per heavy atom. The van der Waals surface area contributed by atoms with Crippen LogP contribution in [0.2, 0.25) is 0 Å². The summed E-state index contributed by atoms with van der Waals surface area (Å²) in [6, 6.07) is 7.59. The second-order valence-electron chi connectivity index (χ2n) is 4.03. The summed E-state index contributed by atoms with van der Waals surface area (Å²) in [7, 11) is 0. The van der Waals surface area contributed by atoms with Gasteiger partial charge in [-0.15, -0.1) is 0 Å². The van der Waals surface area contributed by atoms with E-state index in [0.29, 0.717) is 13.0 Å². The highest BCUT2D eigenvalue weighted by Crippen LogP contribution is 2.10. The van der Waals surface area contributed by atoms with E-state index in [4.69, 9.17) is 5.73 Å². The lowest BCUT2D eigenvalue weighted by atomic mass is 10.2. The van der Waals surface area contributed by atoms with Crippen molar-refractivity contribution >= 4 is 21.8 Å². The van der Waals surface area contributed by atoms with Gasteiger partial charge in [-0.05, 0) is 17.7 Å². The van der Waals surface area contributed by atoms with E-state index in [1.54, 1.807) is 0 Å². The van der Waals surface area contributed by atoms with Crippen molar-refractivity contribution in [3.63, 3.8) is 0 Å². The zero-order chi connectivity index (χ0) is 12.3. The fourth-order valence-electron chi connectivity index (χ4n) is 1.67. The third kappa shape index (κ3) is 3.50. The third-order valence-corrected chi connectivity index (χ3v) is 3.16. The predicted octanol–water partition coefficient (Wildman–Crippen LogP) is 0.217. The lowest BCUT2D eigenvalue weighted by Crippen LogP contribution is -2.43. The molecule has 2 rings (SSSR count). The number of carbonyl (C=O) groups is 1. The molecular weight excluding hydrogens is 284 g/mol. The third-order valence-electron chi connectivity index (χ3n) is 2.63. The van der Waals surface area contributed by atoms with Crippen LogP contribution in [0, 0.1) is 0 Å². The molecule has 0 radical (unpaired) electrons. The fraction of sp³-hybridized carbons (Fsp3) is 0.364. The van der Waals surface area contributed by atoms with Gasteiger partial charge in [0.05, 0.1) is 6.17 Å². The molecule has 0 spiro atoms. The van der Waals surface area contributed by atoms with Crippen LogP contribution in [0.4, 0.5) is 0 Å². The molecule has 92 valence electrons. The monoisotopic (exact) mass is 298 g/mol. The second kappa shape index (κ2) is 5.59. The summed E-state index contributed by atoms with van der Waals surface area (Å²) < 4.78 is 1.03. The van der Waals surface area contributed by atoms with Gasteiger partial charge in [0.1, 0.15) is 6.04 Å². The molecule has 2 unspecified atom stereocenters. The number of carbonyl (C=O) groups excluding carboxylic acids is 1. The van der Waals surface area contributed by atoms with Crippen molar-refractivity contribution in [1.82, 2.24) is 16.2 Å². The van der Waals surface area contributed by atoms with Gasteiger partial charge in [-0.2, -0.15) is 0 Å². The minimum absolute atomic E-state index is 0.0339. The average Bonchev–Trinajstić information content (AvgIpc) is 2.75. The zero-order valence-electron chi connectivity index (χ0n) is 9.24. The quantitative estimate of drug-likeness (QED) is 0.644. The van der Waals surface area contributed by atoms with Gasteiger partial charge in [0.25, 0.3) is 0 Å². The first kappa shape index (κ1) is 12.5. The molecule has 5 nitrogen and oxygen atoms in total. The van der Waals surface area contributed by atoms with E-state index in [1.165, 1.54) is 0 Å². The zero-order valence-corrected chi connectivity index (χ0v) is 10.8. The summed E-state index contributed by atoms with van der Waals surface area (Å²) in [5, 5.41) is 2.87. The summed E-state index contributed by atoms with van der Waals surface area (Å²) in [5.74, 6) is -0.0339. The Morgan fingerprint density at radius 1 is 1.41 bits per heavy atom. The van der Waals surface area contributed by atoms with E-state index in [0.717, 1.165) is 10.0 Å². The number of amides is 1. The molecule has 1 aliphatic rings. The largest absolute Gasteiger partial charge is 0.351 e. The second-order valence-corrected chi connectivity index (χ2v) is 4.94. The maximum atomic E-state index is 11.8. The van der Waals surface area contributed by atoms with Gasteiger partial charge in [-0.25, -0.2) is 10.9 Å². The van der Waals surface area contributed by atoms with Crippen LogP contribution in [0.1, 0.15) is 12.0 Å². The summed E-state index contributed by atoms with van der Waals surface area (Å²) in [6.45, 7) is 0.527. The topological polar surface area (TPSA) is 79.2 Å². The van der Waals surface area contributed by atoms with Crippen LogP contribution in [0.25, 0.3) is 0 Å². The van der Waals surface area contributed by atoms with Crippen LogP contribution in [0.5, 0.6) is 0 Å². The molecule has 0 saturated carbocycles. The molecule has 1 amide bonds. The van der Waals surface area contributed by atoms with Gasteiger partial charge in [0.15, 0.2) is 0 Å². The van der Waals surface area contributed by atoms with Crippen LogP contribution in [0.3, 0.4) is 0 Å². The highest BCUT2D eigenvalue weighted by Gasteiger charge is 2.26. The first-order valence-electron chi connectivity index (χ1n) is 5.44. The Balaban J connectivity index is 1.82. The first-order chi connectivity index (χ1) is 8.15. The van der Waals surface area contributed by atoms with E-state index in [9.17, 15) is 4.79 Å².